The highest BCUT2D eigenvalue weighted by Crippen LogP contribution is 2.53. The molecule has 3 aromatic heterocycles. The van der Waals surface area contributed by atoms with Gasteiger partial charge in [-0.25, -0.2) is 9.97 Å². The predicted molar refractivity (Wildman–Crippen MR) is 168 cm³/mol. The Labute approximate surface area is 272 Å². The van der Waals surface area contributed by atoms with Gasteiger partial charge in [-0.1, -0.05) is 6.07 Å². The number of benzene rings is 1. The van der Waals surface area contributed by atoms with Crippen molar-refractivity contribution in [2.75, 3.05) is 51.2 Å². The monoisotopic (exact) mass is 688 g/mol. The summed E-state index contributed by atoms with van der Waals surface area (Å²) in [5.74, 6) is -1.19. The van der Waals surface area contributed by atoms with Crippen LogP contribution >= 0.6 is 7.60 Å². The third-order valence-corrected chi connectivity index (χ3v) is 9.64. The van der Waals surface area contributed by atoms with Gasteiger partial charge in [0, 0.05) is 25.0 Å². The summed E-state index contributed by atoms with van der Waals surface area (Å²) in [5, 5.41) is 12.5. The van der Waals surface area contributed by atoms with Gasteiger partial charge in [0.2, 0.25) is 5.95 Å². The van der Waals surface area contributed by atoms with Crippen molar-refractivity contribution in [1.29, 1.82) is 0 Å². The molecule has 5 aliphatic heterocycles. The fraction of sp³-hybridized carbons (Fsp3) is 0.367. The van der Waals surface area contributed by atoms with Crippen LogP contribution < -0.4 is 20.7 Å². The molecule has 254 valence electrons. The molecule has 0 radical (unpaired) electrons. The predicted octanol–water partition coefficient (Wildman–Crippen LogP) is 5.39. The van der Waals surface area contributed by atoms with Gasteiger partial charge in [0.15, 0.2) is 5.69 Å². The number of halogens is 3. The number of anilines is 4. The van der Waals surface area contributed by atoms with Gasteiger partial charge in [0.1, 0.15) is 17.1 Å². The minimum atomic E-state index is -4.83. The third-order valence-electron chi connectivity index (χ3n) is 7.71. The quantitative estimate of drug-likeness (QED) is 0.235. The largest absolute Gasteiger partial charge is 0.495 e. The number of pyridine rings is 1. The zero-order valence-electron chi connectivity index (χ0n) is 26.1. The van der Waals surface area contributed by atoms with Gasteiger partial charge in [-0.3, -0.25) is 14.0 Å². The highest BCUT2D eigenvalue weighted by molar-refractivity contribution is 7.53. The molecular formula is C30H32F3N8O6P. The first kappa shape index (κ1) is 33.3. The average Bonchev–Trinajstić information content (AvgIpc) is 3.50. The van der Waals surface area contributed by atoms with Crippen molar-refractivity contribution in [3.05, 3.63) is 65.7 Å². The van der Waals surface area contributed by atoms with Crippen molar-refractivity contribution in [2.24, 2.45) is 5.41 Å². The molecule has 1 spiro atoms. The Morgan fingerprint density at radius 1 is 1.12 bits per heavy atom. The van der Waals surface area contributed by atoms with Crippen LogP contribution in [0.15, 0.2) is 48.9 Å². The molecule has 8 heterocycles. The first-order chi connectivity index (χ1) is 22.9. The molecule has 9 rings (SSSR count). The van der Waals surface area contributed by atoms with Crippen LogP contribution in [-0.2, 0) is 37.2 Å². The number of methoxy groups -OCH3 is 1. The summed E-state index contributed by atoms with van der Waals surface area (Å²) in [6, 6.07) is 7.85. The van der Waals surface area contributed by atoms with Crippen LogP contribution in [0.1, 0.15) is 28.5 Å². The molecule has 4 aromatic rings. The standard InChI is InChI=1S/C30H32F3N8O6P/c1-4-46-48(43)13-18-5-6-22(24(9-18)44-3)39-28-35-11-20(30(31,32)33)26(40-28)38-23-8-7-21(37-25(23)27(42)34-2)19-10-36-41(12-19)14-29(17-47-48)15-45-16-29/h5-12H,4,13-17H2,1-3H3,(H,34,42)(H2,35,38,39,40)/t48-/m1/s1. The number of amides is 1. The Balaban J connectivity index is 1.48. The van der Waals surface area contributed by atoms with E-state index in [0.717, 1.165) is 0 Å². The first-order valence-electron chi connectivity index (χ1n) is 14.8. The molecule has 1 amide bonds. The molecule has 5 aliphatic rings. The number of hydrogen-bond donors (Lipinski definition) is 3. The summed E-state index contributed by atoms with van der Waals surface area (Å²) in [6.45, 7) is 2.96. The van der Waals surface area contributed by atoms with E-state index >= 15 is 0 Å². The number of ether oxygens (including phenoxy) is 2. The Hall–Kier alpha value is -4.57. The van der Waals surface area contributed by atoms with Gasteiger partial charge in [-0.15, -0.1) is 0 Å². The molecule has 18 heteroatoms. The summed E-state index contributed by atoms with van der Waals surface area (Å²) in [5.41, 5.74) is -0.124. The van der Waals surface area contributed by atoms with Crippen LogP contribution in [0, 0.1) is 5.41 Å². The lowest BCUT2D eigenvalue weighted by atomic mass is 9.87. The maximum absolute atomic E-state index is 14.1. The molecule has 0 unspecified atom stereocenters. The second-order valence-electron chi connectivity index (χ2n) is 11.3. The number of nitrogens with zero attached hydrogens (tertiary/aromatic N) is 5. The number of alkyl halides is 3. The van der Waals surface area contributed by atoms with Gasteiger partial charge in [0.25, 0.3) is 5.91 Å². The average molecular weight is 689 g/mol. The molecule has 3 N–H and O–H groups in total. The normalized spacial score (nSPS) is 19.0. The van der Waals surface area contributed by atoms with Gasteiger partial charge in [-0.2, -0.15) is 23.3 Å². The van der Waals surface area contributed by atoms with E-state index in [0.29, 0.717) is 48.5 Å². The van der Waals surface area contributed by atoms with Crippen LogP contribution in [0.25, 0.3) is 11.3 Å². The third kappa shape index (κ3) is 6.99. The van der Waals surface area contributed by atoms with Gasteiger partial charge < -0.3 is 34.5 Å². The minimum Gasteiger partial charge on any atom is -0.495 e. The Morgan fingerprint density at radius 2 is 1.92 bits per heavy atom. The number of rotatable bonds is 4. The van der Waals surface area contributed by atoms with Crippen LogP contribution in [0.2, 0.25) is 0 Å². The number of carbonyl (C=O) groups excluding carboxylic acids is 1. The summed E-state index contributed by atoms with van der Waals surface area (Å²) >= 11 is 0. The van der Waals surface area contributed by atoms with Crippen molar-refractivity contribution < 1.29 is 41.1 Å². The fourth-order valence-corrected chi connectivity index (χ4v) is 7.03. The molecule has 1 saturated heterocycles. The minimum absolute atomic E-state index is 0.0221. The van der Waals surface area contributed by atoms with Crippen LogP contribution in [-0.4, -0.2) is 71.2 Å². The Kier molecular flexibility index (Phi) is 9.13. The van der Waals surface area contributed by atoms with Crippen molar-refractivity contribution in [3.63, 3.8) is 0 Å². The van der Waals surface area contributed by atoms with E-state index in [4.69, 9.17) is 18.5 Å². The second-order valence-corrected chi connectivity index (χ2v) is 13.3. The zero-order valence-corrected chi connectivity index (χ0v) is 27.0. The number of nitrogens with one attached hydrogen (secondary N) is 3. The summed E-state index contributed by atoms with van der Waals surface area (Å²) < 4.78 is 80.7. The molecule has 1 fully saturated rings. The SMILES string of the molecule is CCO[P@]1(=O)Cc2ccc(c(OC)c2)Nc2ncc(C(F)(F)F)c(n2)Nc2ccc(nc2C(=O)NC)-c2cnn(c2)CC2(COC2)CO1. The zero-order chi connectivity index (χ0) is 34.1. The summed E-state index contributed by atoms with van der Waals surface area (Å²) in [7, 11) is -0.875. The second kappa shape index (κ2) is 13.1. The molecule has 1 aromatic carbocycles. The Bertz CT molecular complexity index is 1880. The van der Waals surface area contributed by atoms with Crippen LogP contribution in [0.5, 0.6) is 5.75 Å². The van der Waals surface area contributed by atoms with Crippen molar-refractivity contribution in [3.8, 4) is 17.0 Å². The maximum Gasteiger partial charge on any atom is 0.421 e. The fourth-order valence-electron chi connectivity index (χ4n) is 5.26. The molecule has 0 saturated carbocycles. The first-order valence-corrected chi connectivity index (χ1v) is 16.5. The van der Waals surface area contributed by atoms with E-state index in [9.17, 15) is 22.5 Å². The number of aromatic nitrogens is 5. The maximum atomic E-state index is 14.1. The van der Waals surface area contributed by atoms with Gasteiger partial charge in [0.05, 0.1) is 74.9 Å². The molecular weight excluding hydrogens is 656 g/mol. The van der Waals surface area contributed by atoms with Crippen LogP contribution in [0.4, 0.5) is 36.3 Å². The van der Waals surface area contributed by atoms with Crippen LogP contribution in [0.3, 0.4) is 0 Å². The van der Waals surface area contributed by atoms with Crippen molar-refractivity contribution in [1.82, 2.24) is 30.0 Å². The molecule has 8 bridgehead atoms. The lowest BCUT2D eigenvalue weighted by Crippen LogP contribution is -2.49. The van der Waals surface area contributed by atoms with Gasteiger partial charge in [-0.05, 0) is 36.8 Å². The van der Waals surface area contributed by atoms with Crippen molar-refractivity contribution in [2.45, 2.75) is 25.8 Å². The van der Waals surface area contributed by atoms with E-state index in [1.165, 1.54) is 20.2 Å². The highest BCUT2D eigenvalue weighted by Gasteiger charge is 2.42. The topological polar surface area (TPSA) is 164 Å². The summed E-state index contributed by atoms with van der Waals surface area (Å²) in [6.07, 6.45) is -1.00. The smallest absolute Gasteiger partial charge is 0.421 e. The van der Waals surface area contributed by atoms with E-state index in [2.05, 4.69) is 36.0 Å². The molecule has 48 heavy (non-hydrogen) atoms. The molecule has 14 nitrogen and oxygen atoms in total. The highest BCUT2D eigenvalue weighted by atomic mass is 31.2. The lowest BCUT2D eigenvalue weighted by molar-refractivity contribution is -0.142. The van der Waals surface area contributed by atoms with Gasteiger partial charge >= 0.3 is 13.8 Å². The van der Waals surface area contributed by atoms with E-state index in [1.807, 2.05) is 0 Å². The van der Waals surface area contributed by atoms with E-state index in [-0.39, 0.29) is 42.5 Å². The number of hydrogen-bond acceptors (Lipinski definition) is 12. The summed E-state index contributed by atoms with van der Waals surface area (Å²) in [4.78, 5) is 25.4. The van der Waals surface area contributed by atoms with Crippen molar-refractivity contribution >= 4 is 36.6 Å². The van der Waals surface area contributed by atoms with E-state index in [1.54, 1.807) is 48.3 Å². The molecule has 1 atom stereocenters. The van der Waals surface area contributed by atoms with E-state index < -0.39 is 36.5 Å². The lowest BCUT2D eigenvalue weighted by Gasteiger charge is -2.41. The molecule has 0 aliphatic carbocycles. The number of carbonyl (C=O) groups is 1. The Morgan fingerprint density at radius 3 is 2.60 bits per heavy atom.